The van der Waals surface area contributed by atoms with Crippen LogP contribution in [0.25, 0.3) is 0 Å². The molecule has 1 aliphatic rings. The lowest BCUT2D eigenvalue weighted by Gasteiger charge is -2.23. The third kappa shape index (κ3) is 3.76. The summed E-state index contributed by atoms with van der Waals surface area (Å²) in [6.07, 6.45) is 0.554. The van der Waals surface area contributed by atoms with Gasteiger partial charge in [0.25, 0.3) is 0 Å². The number of hydrogen-bond donors (Lipinski definition) is 1. The molecule has 2 aromatic rings. The minimum atomic E-state index is -0.993. The molecule has 1 aromatic carbocycles. The number of anilines is 1. The highest BCUT2D eigenvalue weighted by atomic mass is 19.1. The summed E-state index contributed by atoms with van der Waals surface area (Å²) in [7, 11) is 0. The van der Waals surface area contributed by atoms with E-state index in [9.17, 15) is 9.50 Å². The first-order chi connectivity index (χ1) is 10.9. The van der Waals surface area contributed by atoms with Gasteiger partial charge in [-0.2, -0.15) is 0 Å². The van der Waals surface area contributed by atoms with E-state index >= 15 is 0 Å². The van der Waals surface area contributed by atoms with Gasteiger partial charge in [0.1, 0.15) is 23.8 Å². The lowest BCUT2D eigenvalue weighted by molar-refractivity contribution is 0.0143. The van der Waals surface area contributed by atoms with Crippen molar-refractivity contribution in [2.75, 3.05) is 24.6 Å². The molecule has 0 spiro atoms. The van der Waals surface area contributed by atoms with Crippen LogP contribution in [0.3, 0.4) is 0 Å². The maximum atomic E-state index is 13.2. The topological polar surface area (TPSA) is 58.5 Å². The van der Waals surface area contributed by atoms with Gasteiger partial charge >= 0.3 is 0 Å². The predicted molar refractivity (Wildman–Crippen MR) is 85.2 cm³/mol. The van der Waals surface area contributed by atoms with Gasteiger partial charge in [0.15, 0.2) is 0 Å². The summed E-state index contributed by atoms with van der Waals surface area (Å²) >= 11 is 0. The summed E-state index contributed by atoms with van der Waals surface area (Å²) in [5, 5.41) is 10.7. The molecule has 3 rings (SSSR count). The Morgan fingerprint density at radius 3 is 2.70 bits per heavy atom. The van der Waals surface area contributed by atoms with Crippen molar-refractivity contribution in [3.8, 4) is 5.75 Å². The standard InChI is InChI=1S/C17H20FN3O2/c1-12-8-13(2)20-16(19-12)21-7-6-17(22,10-21)11-23-15-5-3-4-14(18)9-15/h3-5,8-9,22H,6-7,10-11H2,1-2H3. The number of β-amino-alcohol motifs (C(OH)–C–C–N with tert-alkyl or cyclic N) is 1. The van der Waals surface area contributed by atoms with Crippen LogP contribution in [-0.2, 0) is 0 Å². The van der Waals surface area contributed by atoms with E-state index in [2.05, 4.69) is 9.97 Å². The van der Waals surface area contributed by atoms with Crippen LogP contribution < -0.4 is 9.64 Å². The molecule has 0 saturated carbocycles. The van der Waals surface area contributed by atoms with Crippen molar-refractivity contribution in [2.45, 2.75) is 25.9 Å². The minimum absolute atomic E-state index is 0.109. The first-order valence-corrected chi connectivity index (χ1v) is 7.62. The van der Waals surface area contributed by atoms with E-state index in [0.717, 1.165) is 11.4 Å². The van der Waals surface area contributed by atoms with Crippen LogP contribution in [0.1, 0.15) is 17.8 Å². The molecule has 1 unspecified atom stereocenters. The Labute approximate surface area is 134 Å². The number of aliphatic hydroxyl groups is 1. The second-order valence-corrected chi connectivity index (χ2v) is 6.09. The summed E-state index contributed by atoms with van der Waals surface area (Å²) in [4.78, 5) is 10.8. The Hall–Kier alpha value is -2.21. The first-order valence-electron chi connectivity index (χ1n) is 7.62. The molecule has 23 heavy (non-hydrogen) atoms. The molecule has 1 atom stereocenters. The maximum Gasteiger partial charge on any atom is 0.225 e. The normalized spacial score (nSPS) is 20.8. The van der Waals surface area contributed by atoms with Gasteiger partial charge in [0, 0.05) is 24.0 Å². The molecule has 0 bridgehead atoms. The number of aromatic nitrogens is 2. The van der Waals surface area contributed by atoms with E-state index in [-0.39, 0.29) is 12.4 Å². The molecule has 1 aromatic heterocycles. The van der Waals surface area contributed by atoms with Gasteiger partial charge in [-0.25, -0.2) is 14.4 Å². The van der Waals surface area contributed by atoms with Crippen LogP contribution in [0.5, 0.6) is 5.75 Å². The monoisotopic (exact) mass is 317 g/mol. The number of nitrogens with zero attached hydrogens (tertiary/aromatic N) is 3. The number of halogens is 1. The predicted octanol–water partition coefficient (Wildman–Crippen LogP) is 2.25. The van der Waals surface area contributed by atoms with Gasteiger partial charge in [-0.1, -0.05) is 6.07 Å². The molecule has 1 aliphatic heterocycles. The zero-order valence-corrected chi connectivity index (χ0v) is 13.3. The van der Waals surface area contributed by atoms with Crippen molar-refractivity contribution in [3.63, 3.8) is 0 Å². The van der Waals surface area contributed by atoms with Crippen molar-refractivity contribution in [1.29, 1.82) is 0 Å². The Balaban J connectivity index is 1.65. The molecule has 6 heteroatoms. The van der Waals surface area contributed by atoms with Gasteiger partial charge < -0.3 is 14.7 Å². The second kappa shape index (κ2) is 6.12. The van der Waals surface area contributed by atoms with Crippen LogP contribution in [0.15, 0.2) is 30.3 Å². The largest absolute Gasteiger partial charge is 0.490 e. The smallest absolute Gasteiger partial charge is 0.225 e. The van der Waals surface area contributed by atoms with Crippen LogP contribution in [0.2, 0.25) is 0 Å². The molecule has 0 aliphatic carbocycles. The lowest BCUT2D eigenvalue weighted by Crippen LogP contribution is -2.39. The van der Waals surface area contributed by atoms with E-state index in [1.54, 1.807) is 12.1 Å². The fraction of sp³-hybridized carbons (Fsp3) is 0.412. The summed E-state index contributed by atoms with van der Waals surface area (Å²) in [6, 6.07) is 7.84. The molecule has 0 radical (unpaired) electrons. The second-order valence-electron chi connectivity index (χ2n) is 6.09. The van der Waals surface area contributed by atoms with Crippen LogP contribution in [-0.4, -0.2) is 40.4 Å². The molecule has 0 amide bonds. The maximum absolute atomic E-state index is 13.2. The first kappa shape index (κ1) is 15.7. The van der Waals surface area contributed by atoms with E-state index in [1.165, 1.54) is 12.1 Å². The van der Waals surface area contributed by atoms with Crippen molar-refractivity contribution in [2.24, 2.45) is 0 Å². The summed E-state index contributed by atoms with van der Waals surface area (Å²) in [5.74, 6) is 0.690. The van der Waals surface area contributed by atoms with Crippen molar-refractivity contribution >= 4 is 5.95 Å². The number of benzene rings is 1. The minimum Gasteiger partial charge on any atom is -0.490 e. The SMILES string of the molecule is Cc1cc(C)nc(N2CCC(O)(COc3cccc(F)c3)C2)n1. The molecule has 1 saturated heterocycles. The third-order valence-corrected chi connectivity index (χ3v) is 3.89. The molecule has 2 heterocycles. The average molecular weight is 317 g/mol. The fourth-order valence-corrected chi connectivity index (χ4v) is 2.77. The lowest BCUT2D eigenvalue weighted by atomic mass is 10.1. The van der Waals surface area contributed by atoms with Crippen molar-refractivity contribution in [3.05, 3.63) is 47.5 Å². The zero-order valence-electron chi connectivity index (χ0n) is 13.3. The van der Waals surface area contributed by atoms with Crippen molar-refractivity contribution in [1.82, 2.24) is 9.97 Å². The molecule has 122 valence electrons. The van der Waals surface area contributed by atoms with E-state index in [0.29, 0.717) is 31.2 Å². The van der Waals surface area contributed by atoms with E-state index in [1.807, 2.05) is 24.8 Å². The molecule has 5 nitrogen and oxygen atoms in total. The highest BCUT2D eigenvalue weighted by molar-refractivity contribution is 5.35. The number of ether oxygens (including phenoxy) is 1. The van der Waals surface area contributed by atoms with E-state index < -0.39 is 5.60 Å². The van der Waals surface area contributed by atoms with Crippen LogP contribution in [0.4, 0.5) is 10.3 Å². The van der Waals surface area contributed by atoms with Gasteiger partial charge in [-0.05, 0) is 38.5 Å². The Morgan fingerprint density at radius 2 is 2.00 bits per heavy atom. The quantitative estimate of drug-likeness (QED) is 0.937. The van der Waals surface area contributed by atoms with Crippen LogP contribution in [0, 0.1) is 19.7 Å². The summed E-state index contributed by atoms with van der Waals surface area (Å²) in [6.45, 7) is 5.01. The van der Waals surface area contributed by atoms with Gasteiger partial charge in [-0.3, -0.25) is 0 Å². The zero-order chi connectivity index (χ0) is 16.4. The highest BCUT2D eigenvalue weighted by Gasteiger charge is 2.38. The molecular formula is C17H20FN3O2. The molecular weight excluding hydrogens is 297 g/mol. The number of hydrogen-bond acceptors (Lipinski definition) is 5. The summed E-state index contributed by atoms with van der Waals surface area (Å²) in [5.41, 5.74) is 0.811. The van der Waals surface area contributed by atoms with Crippen molar-refractivity contribution < 1.29 is 14.2 Å². The Kier molecular flexibility index (Phi) is 4.17. The van der Waals surface area contributed by atoms with Gasteiger partial charge in [-0.15, -0.1) is 0 Å². The molecule has 1 N–H and O–H groups in total. The Bertz CT molecular complexity index is 690. The number of aryl methyl sites for hydroxylation is 2. The van der Waals surface area contributed by atoms with Crippen LogP contribution >= 0.6 is 0 Å². The van der Waals surface area contributed by atoms with Gasteiger partial charge in [0.05, 0.1) is 6.54 Å². The third-order valence-electron chi connectivity index (χ3n) is 3.89. The number of rotatable bonds is 4. The Morgan fingerprint density at radius 1 is 1.26 bits per heavy atom. The average Bonchev–Trinajstić information content (AvgIpc) is 2.88. The summed E-state index contributed by atoms with van der Waals surface area (Å²) < 4.78 is 18.7. The fourth-order valence-electron chi connectivity index (χ4n) is 2.77. The molecule has 1 fully saturated rings. The highest BCUT2D eigenvalue weighted by Crippen LogP contribution is 2.26. The van der Waals surface area contributed by atoms with E-state index in [4.69, 9.17) is 4.74 Å². The van der Waals surface area contributed by atoms with Gasteiger partial charge in [0.2, 0.25) is 5.95 Å².